The number of nitrogens with two attached hydrogens (primary N) is 1. The molecule has 13 heavy (non-hydrogen) atoms. The van der Waals surface area contributed by atoms with Crippen LogP contribution in [0, 0.1) is 5.92 Å². The van der Waals surface area contributed by atoms with Crippen LogP contribution in [0.2, 0.25) is 0 Å². The van der Waals surface area contributed by atoms with E-state index in [9.17, 15) is 0 Å². The number of hydrogen-bond donors (Lipinski definition) is 1. The molecular formula is C10H22N2O. The highest BCUT2D eigenvalue weighted by atomic mass is 16.5. The van der Waals surface area contributed by atoms with Crippen molar-refractivity contribution in [3.05, 3.63) is 0 Å². The number of ether oxygens (including phenoxy) is 1. The van der Waals surface area contributed by atoms with E-state index in [4.69, 9.17) is 10.5 Å². The van der Waals surface area contributed by atoms with Gasteiger partial charge in [0.15, 0.2) is 0 Å². The van der Waals surface area contributed by atoms with E-state index in [0.29, 0.717) is 6.54 Å². The fourth-order valence-electron chi connectivity index (χ4n) is 1.53. The third-order valence-electron chi connectivity index (χ3n) is 2.70. The summed E-state index contributed by atoms with van der Waals surface area (Å²) in [6.45, 7) is 2.99. The van der Waals surface area contributed by atoms with Crippen LogP contribution in [0.25, 0.3) is 0 Å². The van der Waals surface area contributed by atoms with Gasteiger partial charge in [-0.15, -0.1) is 0 Å². The summed E-state index contributed by atoms with van der Waals surface area (Å²) in [6.07, 6.45) is 4.14. The average Bonchev–Trinajstić information content (AvgIpc) is 2.90. The molecule has 3 nitrogen and oxygen atoms in total. The van der Waals surface area contributed by atoms with Crippen molar-refractivity contribution in [3.8, 4) is 0 Å². The van der Waals surface area contributed by atoms with Crippen molar-refractivity contribution in [3.63, 3.8) is 0 Å². The maximum absolute atomic E-state index is 5.54. The van der Waals surface area contributed by atoms with Gasteiger partial charge in [0, 0.05) is 26.7 Å². The maximum Gasteiger partial charge on any atom is 0.0705 e. The monoisotopic (exact) mass is 186 g/mol. The lowest BCUT2D eigenvalue weighted by Gasteiger charge is -2.19. The second kappa shape index (κ2) is 5.58. The van der Waals surface area contributed by atoms with E-state index in [1.807, 2.05) is 0 Å². The number of hydrogen-bond acceptors (Lipinski definition) is 3. The Morgan fingerprint density at radius 1 is 1.54 bits per heavy atom. The quantitative estimate of drug-likeness (QED) is 0.636. The van der Waals surface area contributed by atoms with E-state index >= 15 is 0 Å². The van der Waals surface area contributed by atoms with E-state index < -0.39 is 0 Å². The van der Waals surface area contributed by atoms with Crippen LogP contribution in [0.3, 0.4) is 0 Å². The van der Waals surface area contributed by atoms with Gasteiger partial charge in [0.1, 0.15) is 0 Å². The summed E-state index contributed by atoms with van der Waals surface area (Å²) >= 11 is 0. The van der Waals surface area contributed by atoms with E-state index in [-0.39, 0.29) is 6.10 Å². The minimum atomic E-state index is 0.238. The van der Waals surface area contributed by atoms with Crippen molar-refractivity contribution >= 4 is 0 Å². The molecule has 0 radical (unpaired) electrons. The summed E-state index contributed by atoms with van der Waals surface area (Å²) in [4.78, 5) is 2.39. The molecule has 1 saturated carbocycles. The van der Waals surface area contributed by atoms with E-state index in [2.05, 4.69) is 11.9 Å². The lowest BCUT2D eigenvalue weighted by atomic mass is 10.2. The molecule has 1 aliphatic carbocycles. The fraction of sp³-hybridized carbons (Fsp3) is 1.00. The Bertz CT molecular complexity index is 133. The second-order valence-electron chi connectivity index (χ2n) is 4.09. The predicted octanol–water partition coefficient (Wildman–Crippen LogP) is 0.692. The molecule has 1 aliphatic rings. The Morgan fingerprint density at radius 3 is 2.69 bits per heavy atom. The van der Waals surface area contributed by atoms with Gasteiger partial charge in [0.05, 0.1) is 6.10 Å². The first-order valence-corrected chi connectivity index (χ1v) is 5.17. The van der Waals surface area contributed by atoms with E-state index in [1.54, 1.807) is 7.11 Å². The molecule has 0 amide bonds. The Labute approximate surface area is 81.2 Å². The molecule has 0 heterocycles. The van der Waals surface area contributed by atoms with Crippen molar-refractivity contribution in [1.82, 2.24) is 4.90 Å². The minimum absolute atomic E-state index is 0.238. The normalized spacial score (nSPS) is 19.4. The van der Waals surface area contributed by atoms with Crippen molar-refractivity contribution in [1.29, 1.82) is 0 Å². The lowest BCUT2D eigenvalue weighted by Crippen LogP contribution is -2.29. The van der Waals surface area contributed by atoms with Crippen LogP contribution in [0.1, 0.15) is 19.3 Å². The highest BCUT2D eigenvalue weighted by molar-refractivity contribution is 4.76. The van der Waals surface area contributed by atoms with Crippen LogP contribution in [0.15, 0.2) is 0 Å². The minimum Gasteiger partial charge on any atom is -0.380 e. The SMILES string of the molecule is COC(CN)CCN(C)CC1CC1. The zero-order valence-electron chi connectivity index (χ0n) is 8.83. The topological polar surface area (TPSA) is 38.5 Å². The maximum atomic E-state index is 5.54. The summed E-state index contributed by atoms with van der Waals surface area (Å²) in [5, 5.41) is 0. The smallest absolute Gasteiger partial charge is 0.0705 e. The lowest BCUT2D eigenvalue weighted by molar-refractivity contribution is 0.0921. The van der Waals surface area contributed by atoms with Gasteiger partial charge in [-0.25, -0.2) is 0 Å². The van der Waals surface area contributed by atoms with Crippen LogP contribution < -0.4 is 5.73 Å². The Kier molecular flexibility index (Phi) is 4.70. The third-order valence-corrected chi connectivity index (χ3v) is 2.70. The van der Waals surface area contributed by atoms with Gasteiger partial charge in [-0.2, -0.15) is 0 Å². The van der Waals surface area contributed by atoms with Gasteiger partial charge in [-0.1, -0.05) is 0 Å². The van der Waals surface area contributed by atoms with Crippen LogP contribution >= 0.6 is 0 Å². The first-order valence-electron chi connectivity index (χ1n) is 5.17. The van der Waals surface area contributed by atoms with Crippen LogP contribution in [-0.2, 0) is 4.74 Å². The third kappa shape index (κ3) is 4.60. The molecule has 78 valence electrons. The summed E-state index contributed by atoms with van der Waals surface area (Å²) < 4.78 is 5.22. The molecule has 1 atom stereocenters. The van der Waals surface area contributed by atoms with Crippen LogP contribution in [0.5, 0.6) is 0 Å². The summed E-state index contributed by atoms with van der Waals surface area (Å²) in [5.41, 5.74) is 5.54. The van der Waals surface area contributed by atoms with Gasteiger partial charge in [-0.05, 0) is 32.2 Å². The van der Waals surface area contributed by atoms with E-state index in [1.165, 1.54) is 19.4 Å². The second-order valence-corrected chi connectivity index (χ2v) is 4.09. The molecule has 3 heteroatoms. The number of rotatable bonds is 7. The molecular weight excluding hydrogens is 164 g/mol. The number of nitrogens with zero attached hydrogens (tertiary/aromatic N) is 1. The average molecular weight is 186 g/mol. The molecule has 0 aliphatic heterocycles. The Morgan fingerprint density at radius 2 is 2.23 bits per heavy atom. The number of methoxy groups -OCH3 is 1. The Balaban J connectivity index is 2.01. The first-order chi connectivity index (χ1) is 6.26. The zero-order valence-corrected chi connectivity index (χ0v) is 8.83. The van der Waals surface area contributed by atoms with Gasteiger partial charge in [0.25, 0.3) is 0 Å². The highest BCUT2D eigenvalue weighted by Gasteiger charge is 2.22. The standard InChI is InChI=1S/C10H22N2O/c1-12(8-9-3-4-9)6-5-10(7-11)13-2/h9-10H,3-8,11H2,1-2H3. The van der Waals surface area contributed by atoms with Gasteiger partial charge in [-0.3, -0.25) is 0 Å². The summed E-state index contributed by atoms with van der Waals surface area (Å²) in [5.74, 6) is 0.976. The van der Waals surface area contributed by atoms with Gasteiger partial charge < -0.3 is 15.4 Å². The summed E-state index contributed by atoms with van der Waals surface area (Å²) in [6, 6.07) is 0. The molecule has 1 unspecified atom stereocenters. The largest absolute Gasteiger partial charge is 0.380 e. The van der Waals surface area contributed by atoms with E-state index in [0.717, 1.165) is 18.9 Å². The van der Waals surface area contributed by atoms with Crippen molar-refractivity contribution in [2.75, 3.05) is 33.8 Å². The molecule has 0 bridgehead atoms. The Hall–Kier alpha value is -0.120. The molecule has 2 N–H and O–H groups in total. The van der Waals surface area contributed by atoms with Crippen molar-refractivity contribution in [2.24, 2.45) is 11.7 Å². The molecule has 1 rings (SSSR count). The molecule has 0 aromatic rings. The van der Waals surface area contributed by atoms with Gasteiger partial charge in [0.2, 0.25) is 0 Å². The van der Waals surface area contributed by atoms with Crippen molar-refractivity contribution < 1.29 is 4.74 Å². The fourth-order valence-corrected chi connectivity index (χ4v) is 1.53. The van der Waals surface area contributed by atoms with Crippen LogP contribution in [0.4, 0.5) is 0 Å². The zero-order chi connectivity index (χ0) is 9.68. The molecule has 0 spiro atoms. The molecule has 0 saturated heterocycles. The molecule has 0 aromatic carbocycles. The first kappa shape index (κ1) is 11.0. The van der Waals surface area contributed by atoms with Crippen molar-refractivity contribution in [2.45, 2.75) is 25.4 Å². The highest BCUT2D eigenvalue weighted by Crippen LogP contribution is 2.29. The van der Waals surface area contributed by atoms with Gasteiger partial charge >= 0.3 is 0 Å². The summed E-state index contributed by atoms with van der Waals surface area (Å²) in [7, 11) is 3.92. The van der Waals surface area contributed by atoms with Crippen LogP contribution in [-0.4, -0.2) is 44.8 Å². The molecule has 0 aromatic heterocycles. The molecule has 1 fully saturated rings. The predicted molar refractivity (Wildman–Crippen MR) is 54.7 cm³/mol.